The molecule has 1 heterocycles. The van der Waals surface area contributed by atoms with Crippen LogP contribution in [0.1, 0.15) is 37.7 Å². The Balaban J connectivity index is 1.55. The summed E-state index contributed by atoms with van der Waals surface area (Å²) in [5.41, 5.74) is 2.90. The second kappa shape index (κ2) is 6.94. The molecular weight excluding hydrogens is 244 g/mol. The third-order valence-electron chi connectivity index (χ3n) is 4.56. The van der Waals surface area contributed by atoms with Crippen LogP contribution in [-0.4, -0.2) is 19.6 Å². The van der Waals surface area contributed by atoms with Gasteiger partial charge in [0.1, 0.15) is 0 Å². The van der Waals surface area contributed by atoms with Crippen molar-refractivity contribution in [1.29, 1.82) is 0 Å². The second-order valence-electron chi connectivity index (χ2n) is 6.10. The lowest BCUT2D eigenvalue weighted by molar-refractivity contribution is 0.440. The van der Waals surface area contributed by atoms with Crippen molar-refractivity contribution in [2.45, 2.75) is 38.6 Å². The highest BCUT2D eigenvalue weighted by atomic mass is 15.1. The van der Waals surface area contributed by atoms with Crippen LogP contribution >= 0.6 is 0 Å². The first-order valence-electron chi connectivity index (χ1n) is 8.12. The summed E-state index contributed by atoms with van der Waals surface area (Å²) < 4.78 is 0. The molecule has 1 N–H and O–H groups in total. The van der Waals surface area contributed by atoms with Gasteiger partial charge in [-0.3, -0.25) is 0 Å². The van der Waals surface area contributed by atoms with Gasteiger partial charge in [-0.05, 0) is 56.2 Å². The average molecular weight is 270 g/mol. The molecule has 0 spiro atoms. The average Bonchev–Trinajstić information content (AvgIpc) is 3.03. The lowest BCUT2D eigenvalue weighted by atomic mass is 9.94. The van der Waals surface area contributed by atoms with E-state index in [1.807, 2.05) is 0 Å². The Bertz CT molecular complexity index is 446. The van der Waals surface area contributed by atoms with Gasteiger partial charge >= 0.3 is 0 Å². The molecule has 0 bridgehead atoms. The van der Waals surface area contributed by atoms with Crippen molar-refractivity contribution in [3.8, 4) is 0 Å². The van der Waals surface area contributed by atoms with Crippen molar-refractivity contribution in [2.24, 2.45) is 5.92 Å². The summed E-state index contributed by atoms with van der Waals surface area (Å²) in [4.78, 5) is 2.54. The maximum Gasteiger partial charge on any atom is 0.0411 e. The first-order valence-corrected chi connectivity index (χ1v) is 8.12. The molecule has 0 aromatic heterocycles. The molecule has 1 unspecified atom stereocenters. The lowest BCUT2D eigenvalue weighted by Crippen LogP contribution is -2.25. The van der Waals surface area contributed by atoms with Crippen LogP contribution in [0.3, 0.4) is 0 Å². The molecule has 20 heavy (non-hydrogen) atoms. The van der Waals surface area contributed by atoms with Crippen LogP contribution in [0.4, 0.5) is 5.69 Å². The summed E-state index contributed by atoms with van der Waals surface area (Å²) in [6.07, 6.45) is 11.2. The fourth-order valence-electron chi connectivity index (χ4n) is 3.38. The van der Waals surface area contributed by atoms with Gasteiger partial charge < -0.3 is 10.2 Å². The van der Waals surface area contributed by atoms with E-state index in [0.29, 0.717) is 0 Å². The molecule has 1 aliphatic heterocycles. The fourth-order valence-corrected chi connectivity index (χ4v) is 3.38. The van der Waals surface area contributed by atoms with Crippen molar-refractivity contribution < 1.29 is 0 Å². The Hall–Kier alpha value is -1.28. The third kappa shape index (κ3) is 3.43. The smallest absolute Gasteiger partial charge is 0.0411 e. The van der Waals surface area contributed by atoms with Gasteiger partial charge in [0.2, 0.25) is 0 Å². The highest BCUT2D eigenvalue weighted by Crippen LogP contribution is 2.24. The zero-order valence-electron chi connectivity index (χ0n) is 12.4. The van der Waals surface area contributed by atoms with E-state index >= 15 is 0 Å². The first-order chi connectivity index (χ1) is 9.93. The van der Waals surface area contributed by atoms with Crippen LogP contribution < -0.4 is 10.2 Å². The van der Waals surface area contributed by atoms with Crippen molar-refractivity contribution in [2.75, 3.05) is 24.5 Å². The van der Waals surface area contributed by atoms with Crippen LogP contribution in [0.15, 0.2) is 36.4 Å². The lowest BCUT2D eigenvalue weighted by Gasteiger charge is -2.23. The van der Waals surface area contributed by atoms with Crippen LogP contribution in [0.2, 0.25) is 0 Å². The van der Waals surface area contributed by atoms with E-state index in [0.717, 1.165) is 19.0 Å². The third-order valence-corrected chi connectivity index (χ3v) is 4.56. The molecule has 1 saturated heterocycles. The number of benzene rings is 1. The molecule has 1 fully saturated rings. The van der Waals surface area contributed by atoms with Gasteiger partial charge in [-0.25, -0.2) is 0 Å². The molecule has 2 heteroatoms. The quantitative estimate of drug-likeness (QED) is 0.820. The highest BCUT2D eigenvalue weighted by Gasteiger charge is 2.15. The Labute approximate surface area is 122 Å². The van der Waals surface area contributed by atoms with Gasteiger partial charge in [-0.15, -0.1) is 0 Å². The van der Waals surface area contributed by atoms with E-state index in [4.69, 9.17) is 0 Å². The summed E-state index contributed by atoms with van der Waals surface area (Å²) in [6.45, 7) is 4.61. The molecule has 0 saturated carbocycles. The van der Waals surface area contributed by atoms with Gasteiger partial charge in [0.15, 0.2) is 0 Å². The fraction of sp³-hybridized carbons (Fsp3) is 0.556. The molecular formula is C18H26N2. The van der Waals surface area contributed by atoms with Gasteiger partial charge in [-0.1, -0.05) is 30.4 Å². The zero-order chi connectivity index (χ0) is 13.6. The molecule has 1 aromatic rings. The molecule has 1 aliphatic carbocycles. The molecule has 2 aliphatic rings. The SMILES string of the molecule is C1=CCC(CNCc2ccccc2N2CCCC2)CC1. The van der Waals surface area contributed by atoms with E-state index in [-0.39, 0.29) is 0 Å². The summed E-state index contributed by atoms with van der Waals surface area (Å²) >= 11 is 0. The molecule has 1 atom stereocenters. The monoisotopic (exact) mass is 270 g/mol. The number of allylic oxidation sites excluding steroid dienone is 2. The predicted octanol–water partition coefficient (Wildman–Crippen LogP) is 3.73. The number of para-hydroxylation sites is 1. The van der Waals surface area contributed by atoms with Gasteiger partial charge in [-0.2, -0.15) is 0 Å². The van der Waals surface area contributed by atoms with Crippen LogP contribution in [-0.2, 0) is 6.54 Å². The Morgan fingerprint density at radius 2 is 1.95 bits per heavy atom. The topological polar surface area (TPSA) is 15.3 Å². The second-order valence-corrected chi connectivity index (χ2v) is 6.10. The first kappa shape index (κ1) is 13.7. The zero-order valence-corrected chi connectivity index (χ0v) is 12.4. The number of hydrogen-bond donors (Lipinski definition) is 1. The van der Waals surface area contributed by atoms with Crippen LogP contribution in [0.5, 0.6) is 0 Å². The van der Waals surface area contributed by atoms with E-state index in [9.17, 15) is 0 Å². The number of nitrogens with zero attached hydrogens (tertiary/aromatic N) is 1. The standard InChI is InChI=1S/C18H26N2/c1-2-8-16(9-3-1)14-19-15-17-10-4-5-11-18(17)20-12-6-7-13-20/h1-2,4-5,10-11,16,19H,3,6-9,12-15H2. The molecule has 1 aromatic carbocycles. The normalized spacial score (nSPS) is 22.4. The molecule has 108 valence electrons. The molecule has 0 radical (unpaired) electrons. The van der Waals surface area contributed by atoms with E-state index in [2.05, 4.69) is 46.6 Å². The van der Waals surface area contributed by atoms with Crippen molar-refractivity contribution in [3.05, 3.63) is 42.0 Å². The van der Waals surface area contributed by atoms with Gasteiger partial charge in [0, 0.05) is 25.3 Å². The van der Waals surface area contributed by atoms with E-state index in [1.165, 1.54) is 56.4 Å². The van der Waals surface area contributed by atoms with Gasteiger partial charge in [0.25, 0.3) is 0 Å². The number of anilines is 1. The largest absolute Gasteiger partial charge is 0.371 e. The van der Waals surface area contributed by atoms with Crippen molar-refractivity contribution >= 4 is 5.69 Å². The Morgan fingerprint density at radius 1 is 1.10 bits per heavy atom. The van der Waals surface area contributed by atoms with Crippen LogP contribution in [0, 0.1) is 5.92 Å². The molecule has 3 rings (SSSR count). The minimum Gasteiger partial charge on any atom is -0.371 e. The Kier molecular flexibility index (Phi) is 4.75. The number of rotatable bonds is 5. The number of nitrogens with one attached hydrogen (secondary N) is 1. The summed E-state index contributed by atoms with van der Waals surface area (Å²) in [5.74, 6) is 0.832. The number of hydrogen-bond acceptors (Lipinski definition) is 2. The van der Waals surface area contributed by atoms with Gasteiger partial charge in [0.05, 0.1) is 0 Å². The maximum absolute atomic E-state index is 3.67. The minimum absolute atomic E-state index is 0.832. The van der Waals surface area contributed by atoms with Crippen molar-refractivity contribution in [1.82, 2.24) is 5.32 Å². The van der Waals surface area contributed by atoms with E-state index in [1.54, 1.807) is 0 Å². The molecule has 0 amide bonds. The van der Waals surface area contributed by atoms with Crippen molar-refractivity contribution in [3.63, 3.8) is 0 Å². The summed E-state index contributed by atoms with van der Waals surface area (Å²) in [7, 11) is 0. The predicted molar refractivity (Wildman–Crippen MR) is 86.1 cm³/mol. The summed E-state index contributed by atoms with van der Waals surface area (Å²) in [5, 5.41) is 3.67. The molecule has 2 nitrogen and oxygen atoms in total. The maximum atomic E-state index is 3.67. The van der Waals surface area contributed by atoms with E-state index < -0.39 is 0 Å². The minimum atomic E-state index is 0.832. The highest BCUT2D eigenvalue weighted by molar-refractivity contribution is 5.54. The van der Waals surface area contributed by atoms with Crippen LogP contribution in [0.25, 0.3) is 0 Å². The Morgan fingerprint density at radius 3 is 2.75 bits per heavy atom. The summed E-state index contributed by atoms with van der Waals surface area (Å²) in [6, 6.07) is 8.90.